The minimum absolute atomic E-state index is 0.589. The maximum atomic E-state index is 6.90. The largest absolute Gasteiger partial charge is 0.433 e. The summed E-state index contributed by atoms with van der Waals surface area (Å²) >= 11 is 13.8. The third kappa shape index (κ3) is 8.76. The lowest BCUT2D eigenvalue weighted by Crippen LogP contribution is -2.46. The van der Waals surface area contributed by atoms with Gasteiger partial charge < -0.3 is 4.12 Å². The second-order valence-corrected chi connectivity index (χ2v) is 16.9. The highest BCUT2D eigenvalue weighted by Gasteiger charge is 2.43. The molecular weight excluding hydrogens is 311 g/mol. The van der Waals surface area contributed by atoms with Gasteiger partial charge in [0, 0.05) is 0 Å². The van der Waals surface area contributed by atoms with Gasteiger partial charge in [-0.3, -0.25) is 0 Å². The molecule has 1 nitrogen and oxygen atoms in total. The lowest BCUT2D eigenvalue weighted by Gasteiger charge is -2.36. The Kier molecular flexibility index (Phi) is 9.55. The van der Waals surface area contributed by atoms with Crippen LogP contribution in [0.4, 0.5) is 0 Å². The summed E-state index contributed by atoms with van der Waals surface area (Å²) in [5.74, 6) is 1.18. The summed E-state index contributed by atoms with van der Waals surface area (Å²) in [6.07, 6.45) is 2.19. The van der Waals surface area contributed by atoms with Crippen molar-refractivity contribution in [3.8, 4) is 0 Å². The fraction of sp³-hybridized carbons (Fsp3) is 1.00. The highest BCUT2D eigenvalue weighted by molar-refractivity contribution is 7.26. The smallest absolute Gasteiger partial charge is 0.281 e. The summed E-state index contributed by atoms with van der Waals surface area (Å²) < 4.78 is 6.54. The molecule has 2 atom stereocenters. The fourth-order valence-corrected chi connectivity index (χ4v) is 17.1. The van der Waals surface area contributed by atoms with Crippen molar-refractivity contribution >= 4 is 37.4 Å². The van der Waals surface area contributed by atoms with Crippen LogP contribution >= 0.6 is 22.2 Å². The molecule has 0 aliphatic heterocycles. The first-order valence-corrected chi connectivity index (χ1v) is 14.4. The average molecular weight is 343 g/mol. The van der Waals surface area contributed by atoms with Gasteiger partial charge >= 0.3 is 0 Å². The van der Waals surface area contributed by atoms with Crippen LogP contribution in [-0.2, 0) is 4.12 Å². The second-order valence-electron chi connectivity index (χ2n) is 6.56. The van der Waals surface area contributed by atoms with Gasteiger partial charge in [-0.15, -0.1) is 22.2 Å². The third-order valence-corrected chi connectivity index (χ3v) is 14.8. The van der Waals surface area contributed by atoms with Crippen LogP contribution in [0.25, 0.3) is 0 Å². The van der Waals surface area contributed by atoms with Crippen molar-refractivity contribution in [2.24, 2.45) is 11.8 Å². The standard InChI is InChI=1S/C14H32Cl2OSi2/c1-7-9-18(15,11-13(3)4)17-19(16,10-8-2)12-14(5)6/h13-14H,7-12H2,1-6H3. The molecule has 0 N–H and O–H groups in total. The molecule has 0 saturated heterocycles. The molecule has 0 amide bonds. The van der Waals surface area contributed by atoms with E-state index in [0.717, 1.165) is 37.0 Å². The first-order chi connectivity index (χ1) is 8.66. The van der Waals surface area contributed by atoms with E-state index in [1.165, 1.54) is 0 Å². The minimum atomic E-state index is -2.15. The van der Waals surface area contributed by atoms with Crippen molar-refractivity contribution in [1.29, 1.82) is 0 Å². The second kappa shape index (κ2) is 9.09. The lowest BCUT2D eigenvalue weighted by molar-refractivity contribution is 0.512. The molecule has 0 rings (SSSR count). The summed E-state index contributed by atoms with van der Waals surface area (Å²) in [7, 11) is -4.30. The third-order valence-electron chi connectivity index (χ3n) is 3.04. The van der Waals surface area contributed by atoms with Gasteiger partial charge in [0.25, 0.3) is 15.3 Å². The molecule has 116 valence electrons. The zero-order valence-corrected chi connectivity index (χ0v) is 17.1. The Balaban J connectivity index is 4.91. The van der Waals surface area contributed by atoms with Crippen LogP contribution in [0.15, 0.2) is 0 Å². The number of halogens is 2. The van der Waals surface area contributed by atoms with Crippen molar-refractivity contribution in [2.75, 3.05) is 0 Å². The molecule has 2 unspecified atom stereocenters. The molecular formula is C14H32Cl2OSi2. The van der Waals surface area contributed by atoms with Gasteiger partial charge in [0.15, 0.2) is 0 Å². The molecule has 19 heavy (non-hydrogen) atoms. The average Bonchev–Trinajstić information content (AvgIpc) is 2.12. The Morgan fingerprint density at radius 1 is 0.789 bits per heavy atom. The first-order valence-electron chi connectivity index (χ1n) is 7.74. The monoisotopic (exact) mass is 342 g/mol. The molecule has 0 aromatic rings. The lowest BCUT2D eigenvalue weighted by atomic mass is 10.3. The fourth-order valence-electron chi connectivity index (χ4n) is 2.68. The van der Waals surface area contributed by atoms with E-state index in [2.05, 4.69) is 41.5 Å². The molecule has 0 spiro atoms. The Hall–Kier alpha value is 0.974. The summed E-state index contributed by atoms with van der Waals surface area (Å²) in [5, 5.41) is 0. The van der Waals surface area contributed by atoms with E-state index in [1.807, 2.05) is 0 Å². The maximum Gasteiger partial charge on any atom is 0.281 e. The van der Waals surface area contributed by atoms with E-state index in [0.29, 0.717) is 11.8 Å². The van der Waals surface area contributed by atoms with E-state index >= 15 is 0 Å². The highest BCUT2D eigenvalue weighted by Crippen LogP contribution is 2.37. The van der Waals surface area contributed by atoms with E-state index in [9.17, 15) is 0 Å². The van der Waals surface area contributed by atoms with Crippen LogP contribution in [-0.4, -0.2) is 15.3 Å². The Morgan fingerprint density at radius 2 is 1.11 bits per heavy atom. The minimum Gasteiger partial charge on any atom is -0.433 e. The molecule has 0 aliphatic carbocycles. The SMILES string of the molecule is CCC[Si](Cl)(CC(C)C)O[Si](Cl)(CCC)CC(C)C. The van der Waals surface area contributed by atoms with Gasteiger partial charge in [0.05, 0.1) is 0 Å². The summed E-state index contributed by atoms with van der Waals surface area (Å²) in [6.45, 7) is 13.3. The predicted octanol–water partition coefficient (Wildman–Crippen LogP) is 6.50. The quantitative estimate of drug-likeness (QED) is 0.325. The maximum absolute atomic E-state index is 6.90. The van der Waals surface area contributed by atoms with Crippen molar-refractivity contribution in [3.63, 3.8) is 0 Å². The van der Waals surface area contributed by atoms with Crippen molar-refractivity contribution < 1.29 is 4.12 Å². The molecule has 0 aromatic heterocycles. The zero-order valence-electron chi connectivity index (χ0n) is 13.6. The number of hydrogen-bond donors (Lipinski definition) is 0. The molecule has 5 heteroatoms. The van der Waals surface area contributed by atoms with Crippen LogP contribution < -0.4 is 0 Å². The summed E-state index contributed by atoms with van der Waals surface area (Å²) in [6, 6.07) is 4.09. The topological polar surface area (TPSA) is 9.23 Å². The van der Waals surface area contributed by atoms with Gasteiger partial charge in [-0.1, -0.05) is 54.4 Å². The Morgan fingerprint density at radius 3 is 1.32 bits per heavy atom. The predicted molar refractivity (Wildman–Crippen MR) is 93.8 cm³/mol. The van der Waals surface area contributed by atoms with Crippen LogP contribution in [0.3, 0.4) is 0 Å². The molecule has 0 aromatic carbocycles. The highest BCUT2D eigenvalue weighted by atomic mass is 35.6. The molecule has 0 radical (unpaired) electrons. The van der Waals surface area contributed by atoms with Crippen LogP contribution in [0, 0.1) is 11.8 Å². The van der Waals surface area contributed by atoms with Crippen LogP contribution in [0.1, 0.15) is 54.4 Å². The van der Waals surface area contributed by atoms with E-state index in [-0.39, 0.29) is 0 Å². The van der Waals surface area contributed by atoms with Gasteiger partial charge in [-0.25, -0.2) is 0 Å². The normalized spacial score (nSPS) is 18.6. The van der Waals surface area contributed by atoms with Gasteiger partial charge in [0.1, 0.15) is 0 Å². The van der Waals surface area contributed by atoms with Gasteiger partial charge in [-0.05, 0) is 36.0 Å². The summed E-state index contributed by atoms with van der Waals surface area (Å²) in [5.41, 5.74) is 0. The van der Waals surface area contributed by atoms with Crippen LogP contribution in [0.2, 0.25) is 24.2 Å². The van der Waals surface area contributed by atoms with Crippen molar-refractivity contribution in [3.05, 3.63) is 0 Å². The molecule has 0 aliphatic rings. The van der Waals surface area contributed by atoms with Crippen LogP contribution in [0.5, 0.6) is 0 Å². The van der Waals surface area contributed by atoms with Crippen molar-refractivity contribution in [1.82, 2.24) is 0 Å². The van der Waals surface area contributed by atoms with E-state index < -0.39 is 15.3 Å². The van der Waals surface area contributed by atoms with Gasteiger partial charge in [0.2, 0.25) is 0 Å². The molecule has 0 saturated carbocycles. The number of rotatable bonds is 10. The number of hydrogen-bond acceptors (Lipinski definition) is 1. The van der Waals surface area contributed by atoms with Crippen molar-refractivity contribution in [2.45, 2.75) is 78.6 Å². The Labute approximate surface area is 132 Å². The molecule has 0 heterocycles. The zero-order chi connectivity index (χ0) is 15.1. The summed E-state index contributed by atoms with van der Waals surface area (Å²) in [4.78, 5) is 0. The van der Waals surface area contributed by atoms with E-state index in [4.69, 9.17) is 26.3 Å². The van der Waals surface area contributed by atoms with Gasteiger partial charge in [-0.2, -0.15) is 0 Å². The Bertz CT molecular complexity index is 228. The molecule has 0 fully saturated rings. The first kappa shape index (κ1) is 20.0. The van der Waals surface area contributed by atoms with E-state index in [1.54, 1.807) is 0 Å². The molecule has 0 bridgehead atoms.